The average Bonchev–Trinajstić information content (AvgIpc) is 2.95. The Bertz CT molecular complexity index is 766. The highest BCUT2D eigenvalue weighted by molar-refractivity contribution is 9.10. The Hall–Kier alpha value is -1.46. The molecular weight excluding hydrogens is 372 g/mol. The molecule has 0 radical (unpaired) electrons. The van der Waals surface area contributed by atoms with E-state index >= 15 is 0 Å². The van der Waals surface area contributed by atoms with Gasteiger partial charge in [-0.05, 0) is 61.4 Å². The van der Waals surface area contributed by atoms with Gasteiger partial charge in [0.15, 0.2) is 0 Å². The standard InChI is InChI=1S/C18H19BrN2OS/c1-11-6-7-16-14(8-11)10-17(23-16)18(22)21-20-12(2)13-4-3-5-15(19)9-13/h3-5,9-11H,6-8H2,1-2H3,(H,21,22)/b20-12-/t11-/m0/s1. The largest absolute Gasteiger partial charge is 0.281 e. The number of hydrogen-bond donors (Lipinski definition) is 1. The number of rotatable bonds is 3. The number of nitrogens with zero attached hydrogens (tertiary/aromatic N) is 1. The third-order valence-electron chi connectivity index (χ3n) is 4.12. The van der Waals surface area contributed by atoms with Crippen LogP contribution in [0.25, 0.3) is 0 Å². The zero-order valence-corrected chi connectivity index (χ0v) is 15.6. The minimum atomic E-state index is -0.119. The Balaban J connectivity index is 1.71. The van der Waals surface area contributed by atoms with Crippen LogP contribution in [0.1, 0.15) is 45.9 Å². The maximum atomic E-state index is 12.3. The lowest BCUT2D eigenvalue weighted by molar-refractivity contribution is 0.0959. The normalized spacial score (nSPS) is 17.7. The molecule has 0 aliphatic heterocycles. The van der Waals surface area contributed by atoms with Crippen molar-refractivity contribution in [3.8, 4) is 0 Å². The van der Waals surface area contributed by atoms with Crippen molar-refractivity contribution >= 4 is 38.9 Å². The van der Waals surface area contributed by atoms with Crippen LogP contribution in [0, 0.1) is 5.92 Å². The molecule has 1 aromatic heterocycles. The van der Waals surface area contributed by atoms with E-state index in [-0.39, 0.29) is 5.91 Å². The number of benzene rings is 1. The molecule has 0 bridgehead atoms. The van der Waals surface area contributed by atoms with Crippen LogP contribution in [-0.4, -0.2) is 11.6 Å². The van der Waals surface area contributed by atoms with E-state index in [0.717, 1.165) is 33.5 Å². The predicted molar refractivity (Wildman–Crippen MR) is 99.3 cm³/mol. The highest BCUT2D eigenvalue weighted by Crippen LogP contribution is 2.32. The molecule has 0 fully saturated rings. The number of halogens is 1. The molecule has 0 saturated carbocycles. The number of carbonyl (C=O) groups is 1. The van der Waals surface area contributed by atoms with Gasteiger partial charge in [-0.2, -0.15) is 5.10 Å². The molecule has 1 aromatic carbocycles. The van der Waals surface area contributed by atoms with Crippen LogP contribution in [0.2, 0.25) is 0 Å². The number of hydrogen-bond acceptors (Lipinski definition) is 3. The van der Waals surface area contributed by atoms with Crippen molar-refractivity contribution < 1.29 is 4.79 Å². The summed E-state index contributed by atoms with van der Waals surface area (Å²) in [7, 11) is 0. The predicted octanol–water partition coefficient (Wildman–Crippen LogP) is 4.79. The Kier molecular flexibility index (Phi) is 4.97. The van der Waals surface area contributed by atoms with E-state index in [1.807, 2.05) is 37.3 Å². The average molecular weight is 391 g/mol. The molecule has 1 N–H and O–H groups in total. The Morgan fingerprint density at radius 2 is 2.22 bits per heavy atom. The van der Waals surface area contributed by atoms with Crippen molar-refractivity contribution in [2.45, 2.75) is 33.1 Å². The number of carbonyl (C=O) groups excluding carboxylic acids is 1. The number of hydrazone groups is 1. The quantitative estimate of drug-likeness (QED) is 0.593. The van der Waals surface area contributed by atoms with Gasteiger partial charge in [0, 0.05) is 9.35 Å². The molecular formula is C18H19BrN2OS. The summed E-state index contributed by atoms with van der Waals surface area (Å²) in [6, 6.07) is 9.91. The number of aryl methyl sites for hydroxylation is 1. The van der Waals surface area contributed by atoms with Gasteiger partial charge in [-0.1, -0.05) is 35.0 Å². The van der Waals surface area contributed by atoms with Crippen molar-refractivity contribution in [3.63, 3.8) is 0 Å². The summed E-state index contributed by atoms with van der Waals surface area (Å²) in [4.78, 5) is 14.5. The number of amides is 1. The summed E-state index contributed by atoms with van der Waals surface area (Å²) < 4.78 is 0.996. The Morgan fingerprint density at radius 3 is 3.00 bits per heavy atom. The molecule has 3 nitrogen and oxygen atoms in total. The van der Waals surface area contributed by atoms with Gasteiger partial charge < -0.3 is 0 Å². The molecule has 3 rings (SSSR count). The molecule has 2 aromatic rings. The smallest absolute Gasteiger partial charge is 0.266 e. The van der Waals surface area contributed by atoms with E-state index in [4.69, 9.17) is 0 Å². The summed E-state index contributed by atoms with van der Waals surface area (Å²) in [5.41, 5.74) is 5.79. The molecule has 1 heterocycles. The van der Waals surface area contributed by atoms with Gasteiger partial charge in [0.05, 0.1) is 10.6 Å². The monoisotopic (exact) mass is 390 g/mol. The van der Waals surface area contributed by atoms with Crippen LogP contribution >= 0.6 is 27.3 Å². The van der Waals surface area contributed by atoms with Gasteiger partial charge in [-0.15, -0.1) is 11.3 Å². The van der Waals surface area contributed by atoms with E-state index in [9.17, 15) is 4.79 Å². The fourth-order valence-corrected chi connectivity index (χ4v) is 4.28. The van der Waals surface area contributed by atoms with Gasteiger partial charge >= 0.3 is 0 Å². The topological polar surface area (TPSA) is 41.5 Å². The molecule has 5 heteroatoms. The van der Waals surface area contributed by atoms with Crippen LogP contribution < -0.4 is 5.43 Å². The summed E-state index contributed by atoms with van der Waals surface area (Å²) >= 11 is 5.05. The SMILES string of the molecule is C/C(=N/NC(=O)c1cc2c(s1)CC[C@H](C)C2)c1cccc(Br)c1. The van der Waals surface area contributed by atoms with E-state index in [1.165, 1.54) is 16.9 Å². The van der Waals surface area contributed by atoms with Crippen LogP contribution in [0.3, 0.4) is 0 Å². The summed E-state index contributed by atoms with van der Waals surface area (Å²) in [6.07, 6.45) is 3.39. The second-order valence-corrected chi connectivity index (χ2v) is 8.11. The Labute approximate surface area is 148 Å². The first-order valence-electron chi connectivity index (χ1n) is 7.75. The molecule has 0 unspecified atom stereocenters. The van der Waals surface area contributed by atoms with E-state index in [2.05, 4.69) is 33.4 Å². The maximum Gasteiger partial charge on any atom is 0.281 e. The van der Waals surface area contributed by atoms with Gasteiger partial charge in [0.2, 0.25) is 0 Å². The summed E-state index contributed by atoms with van der Waals surface area (Å²) in [5.74, 6) is 0.594. The third kappa shape index (κ3) is 3.90. The van der Waals surface area contributed by atoms with Crippen molar-refractivity contribution in [1.82, 2.24) is 5.43 Å². The minimum absolute atomic E-state index is 0.119. The van der Waals surface area contributed by atoms with Crippen molar-refractivity contribution in [3.05, 3.63) is 55.7 Å². The second-order valence-electron chi connectivity index (χ2n) is 6.06. The highest BCUT2D eigenvalue weighted by atomic mass is 79.9. The van der Waals surface area contributed by atoms with Crippen LogP contribution in [0.4, 0.5) is 0 Å². The second kappa shape index (κ2) is 6.97. The molecule has 0 spiro atoms. The third-order valence-corrected chi connectivity index (χ3v) is 5.85. The number of fused-ring (bicyclic) bond motifs is 1. The van der Waals surface area contributed by atoms with E-state index < -0.39 is 0 Å². The van der Waals surface area contributed by atoms with Crippen LogP contribution in [0.15, 0.2) is 39.9 Å². The van der Waals surface area contributed by atoms with Gasteiger partial charge in [-0.25, -0.2) is 5.43 Å². The summed E-state index contributed by atoms with van der Waals surface area (Å²) in [5, 5.41) is 4.24. The first-order valence-corrected chi connectivity index (χ1v) is 9.36. The number of thiophene rings is 1. The molecule has 1 aliphatic carbocycles. The lowest BCUT2D eigenvalue weighted by Gasteiger charge is -2.16. The summed E-state index contributed by atoms with van der Waals surface area (Å²) in [6.45, 7) is 4.16. The first-order chi connectivity index (χ1) is 11.0. The van der Waals surface area contributed by atoms with Gasteiger partial charge in [0.1, 0.15) is 0 Å². The first kappa shape index (κ1) is 16.4. The van der Waals surface area contributed by atoms with Crippen LogP contribution in [0.5, 0.6) is 0 Å². The Morgan fingerprint density at radius 1 is 1.39 bits per heavy atom. The zero-order chi connectivity index (χ0) is 16.4. The molecule has 0 saturated heterocycles. The lowest BCUT2D eigenvalue weighted by Crippen LogP contribution is -2.18. The molecule has 120 valence electrons. The van der Waals surface area contributed by atoms with Crippen molar-refractivity contribution in [1.29, 1.82) is 0 Å². The fourth-order valence-electron chi connectivity index (χ4n) is 2.79. The van der Waals surface area contributed by atoms with E-state index in [0.29, 0.717) is 5.92 Å². The van der Waals surface area contributed by atoms with Gasteiger partial charge in [-0.3, -0.25) is 4.79 Å². The molecule has 1 atom stereocenters. The fraction of sp³-hybridized carbons (Fsp3) is 0.333. The molecule has 23 heavy (non-hydrogen) atoms. The zero-order valence-electron chi connectivity index (χ0n) is 13.2. The van der Waals surface area contributed by atoms with Crippen molar-refractivity contribution in [2.24, 2.45) is 11.0 Å². The maximum absolute atomic E-state index is 12.3. The van der Waals surface area contributed by atoms with E-state index in [1.54, 1.807) is 11.3 Å². The highest BCUT2D eigenvalue weighted by Gasteiger charge is 2.20. The number of nitrogens with one attached hydrogen (secondary N) is 1. The van der Waals surface area contributed by atoms with Gasteiger partial charge in [0.25, 0.3) is 5.91 Å². The molecule has 1 amide bonds. The van der Waals surface area contributed by atoms with Crippen LogP contribution in [-0.2, 0) is 12.8 Å². The molecule has 1 aliphatic rings. The lowest BCUT2D eigenvalue weighted by atomic mass is 9.90. The van der Waals surface area contributed by atoms with Crippen molar-refractivity contribution in [2.75, 3.05) is 0 Å². The minimum Gasteiger partial charge on any atom is -0.266 e.